The lowest BCUT2D eigenvalue weighted by Crippen LogP contribution is -2.12. The number of hydrogen-bond donors (Lipinski definition) is 1. The van der Waals surface area contributed by atoms with E-state index in [4.69, 9.17) is 0 Å². The fraction of sp³-hybridized carbons (Fsp3) is 0.527. The van der Waals surface area contributed by atoms with Crippen LogP contribution in [0.25, 0.3) is 0 Å². The second-order valence-electron chi connectivity index (χ2n) is 18.1. The third-order valence-electron chi connectivity index (χ3n) is 8.64. The highest BCUT2D eigenvalue weighted by Crippen LogP contribution is 2.08. The average Bonchev–Trinajstić information content (AvgIpc) is 3.97. The quantitative estimate of drug-likeness (QED) is 0.120. The highest BCUT2D eigenvalue weighted by atomic mass is 15.0. The lowest BCUT2D eigenvalue weighted by atomic mass is 10.0. The van der Waals surface area contributed by atoms with E-state index >= 15 is 0 Å². The van der Waals surface area contributed by atoms with E-state index in [9.17, 15) is 0 Å². The van der Waals surface area contributed by atoms with Crippen LogP contribution in [0.1, 0.15) is 133 Å². The molecule has 6 rings (SSSR count). The Morgan fingerprint density at radius 1 is 0.590 bits per heavy atom. The number of benzene rings is 2. The summed E-state index contributed by atoms with van der Waals surface area (Å²) < 4.78 is 4.33. The predicted molar refractivity (Wildman–Crippen MR) is 270 cm³/mol. The maximum atomic E-state index is 4.22. The predicted octanol–water partition coefficient (Wildman–Crippen LogP) is 14.2. The van der Waals surface area contributed by atoms with Crippen LogP contribution in [0.4, 0.5) is 0 Å². The fourth-order valence-electron chi connectivity index (χ4n) is 5.96. The van der Waals surface area contributed by atoms with Crippen LogP contribution < -0.4 is 0 Å². The molecule has 340 valence electrons. The number of hydrogen-bond acceptors (Lipinski definition) is 3. The zero-order chi connectivity index (χ0) is 43.8. The summed E-state index contributed by atoms with van der Waals surface area (Å²) in [6.45, 7) is 29.0. The first kappa shape index (κ1) is 58.5. The number of rotatable bonds is 13. The number of nitrogens with one attached hydrogen (secondary N) is 1. The Morgan fingerprint density at radius 3 is 1.48 bits per heavy atom. The second-order valence-corrected chi connectivity index (χ2v) is 18.1. The van der Waals surface area contributed by atoms with Crippen molar-refractivity contribution in [2.45, 2.75) is 136 Å². The minimum absolute atomic E-state index is 0. The monoisotopic (exact) mass is 836 g/mol. The third kappa shape index (κ3) is 34.8. The number of aromatic nitrogens is 5. The van der Waals surface area contributed by atoms with Crippen molar-refractivity contribution in [1.82, 2.24) is 24.5 Å². The largest absolute Gasteiger partial charge is 0.348 e. The number of nitrogens with zero attached hydrogens (tertiary/aromatic N) is 5. The van der Waals surface area contributed by atoms with Gasteiger partial charge >= 0.3 is 0 Å². The van der Waals surface area contributed by atoms with Gasteiger partial charge in [0, 0.05) is 49.5 Å². The van der Waals surface area contributed by atoms with E-state index in [0.29, 0.717) is 17.8 Å². The molecule has 0 saturated heterocycles. The Balaban J connectivity index is 0. The maximum Gasteiger partial charge on any atom is 0.163 e. The summed E-state index contributed by atoms with van der Waals surface area (Å²) in [5, 5.41) is 0. The normalized spacial score (nSPS) is 11.1. The minimum atomic E-state index is 0. The number of H-pyrrole nitrogens is 1. The Labute approximate surface area is 376 Å². The minimum Gasteiger partial charge on any atom is -0.348 e. The number of imidazole rings is 2. The summed E-state index contributed by atoms with van der Waals surface area (Å²) in [6, 6.07) is 27.3. The van der Waals surface area contributed by atoms with Gasteiger partial charge < -0.3 is 9.55 Å². The topological polar surface area (TPSA) is 62.4 Å². The first-order valence-corrected chi connectivity index (χ1v) is 22.3. The molecular formula is C55H91N6+. The molecule has 6 heteroatoms. The Hall–Kier alpha value is -4.58. The molecule has 6 nitrogen and oxygen atoms in total. The highest BCUT2D eigenvalue weighted by Gasteiger charge is 2.06. The lowest BCUT2D eigenvalue weighted by molar-refractivity contribution is -0.510. The molecule has 0 bridgehead atoms. The van der Waals surface area contributed by atoms with Crippen molar-refractivity contribution in [3.05, 3.63) is 150 Å². The number of aromatic amines is 1. The molecule has 1 aliphatic heterocycles. The van der Waals surface area contributed by atoms with Crippen molar-refractivity contribution in [2.24, 2.45) is 42.6 Å². The van der Waals surface area contributed by atoms with E-state index in [0.717, 1.165) is 43.6 Å². The molecule has 0 amide bonds. The number of aryl methyl sites for hydroxylation is 1. The summed E-state index contributed by atoms with van der Waals surface area (Å²) >= 11 is 0. The number of pyridine rings is 1. The van der Waals surface area contributed by atoms with Gasteiger partial charge in [0.15, 0.2) is 12.8 Å². The Morgan fingerprint density at radius 2 is 1.10 bits per heavy atom. The summed E-state index contributed by atoms with van der Waals surface area (Å²) in [5.74, 6) is 4.48. The first-order chi connectivity index (χ1) is 28.1. The second kappa shape index (κ2) is 36.1. The van der Waals surface area contributed by atoms with Crippen LogP contribution in [-0.4, -0.2) is 48.4 Å². The zero-order valence-corrected chi connectivity index (χ0v) is 39.5. The lowest BCUT2D eigenvalue weighted by Gasteiger charge is -2.02. The van der Waals surface area contributed by atoms with Gasteiger partial charge in [-0.25, -0.2) is 14.5 Å². The van der Waals surface area contributed by atoms with Crippen molar-refractivity contribution in [2.75, 3.05) is 13.1 Å². The van der Waals surface area contributed by atoms with E-state index < -0.39 is 0 Å². The molecule has 0 spiro atoms. The van der Waals surface area contributed by atoms with Crippen LogP contribution in [0.2, 0.25) is 0 Å². The van der Waals surface area contributed by atoms with Crippen molar-refractivity contribution in [1.29, 1.82) is 0 Å². The van der Waals surface area contributed by atoms with Crippen LogP contribution in [0.3, 0.4) is 0 Å². The molecule has 4 heterocycles. The zero-order valence-electron chi connectivity index (χ0n) is 39.5. The SMILES string of the molecule is C.C.CC(C)CC[N+]1=CC=CC1.CC(C)Cc1ccccc1.CC(C)Cc1ccccc1.CC(C)Cc1ccccn1.CC(C)Cc1cn(C)cn1.CC(C)Cc1cnc[nH]1. The fourth-order valence-corrected chi connectivity index (χ4v) is 5.96. The maximum absolute atomic E-state index is 4.22. The molecule has 3 aromatic heterocycles. The number of allylic oxidation sites excluding steroid dienone is 1. The standard InChI is InChI=1S/2C10H14.C9H16N.C9H13N.C8H14N2.C7H12N2.2CH4/c2*1-9(2)8-10-6-4-3-5-7-10;1-9(2)5-8-10-6-3-4-7-10;1-8(2)7-9-5-3-4-6-10-9;1-7(2)4-8-5-10(3)6-9-8;1-6(2)3-7-4-8-5-9-7;;/h2*3-7,9H,8H2,1-2H3;3-4,6,9H,5,7-8H2,1-2H3;3-6,8H,7H2,1-2H3;5-7H,4H2,1-3H3;4-6H,3H2,1-2H3,(H,8,9);2*1H4/q;;+1;;;;;. The molecule has 5 aromatic rings. The van der Waals surface area contributed by atoms with Crippen LogP contribution in [-0.2, 0) is 39.2 Å². The van der Waals surface area contributed by atoms with E-state index in [-0.39, 0.29) is 14.9 Å². The van der Waals surface area contributed by atoms with Gasteiger partial charge in [0.25, 0.3) is 0 Å². The third-order valence-corrected chi connectivity index (χ3v) is 8.64. The summed E-state index contributed by atoms with van der Waals surface area (Å²) in [7, 11) is 2.00. The Bertz CT molecular complexity index is 1610. The summed E-state index contributed by atoms with van der Waals surface area (Å²) in [6.07, 6.45) is 22.8. The van der Waals surface area contributed by atoms with E-state index in [1.54, 1.807) is 6.33 Å². The average molecular weight is 836 g/mol. The molecule has 61 heavy (non-hydrogen) atoms. The van der Waals surface area contributed by atoms with E-state index in [1.807, 2.05) is 42.5 Å². The van der Waals surface area contributed by atoms with Gasteiger partial charge in [-0.05, 0) is 96.9 Å². The molecule has 1 aliphatic rings. The van der Waals surface area contributed by atoms with E-state index in [2.05, 4.69) is 199 Å². The molecular weight excluding hydrogens is 745 g/mol. The van der Waals surface area contributed by atoms with Gasteiger partial charge in [-0.3, -0.25) is 4.98 Å². The van der Waals surface area contributed by atoms with Crippen LogP contribution in [0.5, 0.6) is 0 Å². The molecule has 0 fully saturated rings. The van der Waals surface area contributed by atoms with Crippen LogP contribution in [0.15, 0.2) is 122 Å². The smallest absolute Gasteiger partial charge is 0.163 e. The van der Waals surface area contributed by atoms with Crippen molar-refractivity contribution < 1.29 is 4.58 Å². The van der Waals surface area contributed by atoms with Gasteiger partial charge in [-0.15, -0.1) is 0 Å². The van der Waals surface area contributed by atoms with Gasteiger partial charge in [0.05, 0.1) is 18.3 Å². The summed E-state index contributed by atoms with van der Waals surface area (Å²) in [4.78, 5) is 15.4. The van der Waals surface area contributed by atoms with Crippen molar-refractivity contribution >= 4 is 6.21 Å². The van der Waals surface area contributed by atoms with Gasteiger partial charge in [0.1, 0.15) is 6.54 Å². The van der Waals surface area contributed by atoms with Gasteiger partial charge in [-0.2, -0.15) is 0 Å². The Kier molecular flexibility index (Phi) is 34.6. The van der Waals surface area contributed by atoms with Crippen LogP contribution in [0, 0.1) is 35.5 Å². The molecule has 1 N–H and O–H groups in total. The van der Waals surface area contributed by atoms with Crippen molar-refractivity contribution in [3.8, 4) is 0 Å². The first-order valence-electron chi connectivity index (χ1n) is 22.3. The van der Waals surface area contributed by atoms with Crippen molar-refractivity contribution in [3.63, 3.8) is 0 Å². The molecule has 0 radical (unpaired) electrons. The highest BCUT2D eigenvalue weighted by molar-refractivity contribution is 5.67. The van der Waals surface area contributed by atoms with E-state index in [1.165, 1.54) is 54.0 Å². The molecule has 2 aromatic carbocycles. The summed E-state index contributed by atoms with van der Waals surface area (Å²) in [5.41, 5.74) is 6.50. The molecule has 0 atom stereocenters. The van der Waals surface area contributed by atoms with Gasteiger partial charge in [-0.1, -0.05) is 165 Å². The molecule has 0 saturated carbocycles. The van der Waals surface area contributed by atoms with Gasteiger partial charge in [0.2, 0.25) is 0 Å². The van der Waals surface area contributed by atoms with Crippen LogP contribution >= 0.6 is 0 Å². The molecule has 0 unspecified atom stereocenters. The molecule has 0 aliphatic carbocycles.